The minimum Gasteiger partial charge on any atom is -0.489 e. The Morgan fingerprint density at radius 2 is 1.19 bits per heavy atom. The van der Waals surface area contributed by atoms with Gasteiger partial charge in [-0.15, -0.1) is 0 Å². The summed E-state index contributed by atoms with van der Waals surface area (Å²) in [5.41, 5.74) is 5.20. The molecule has 0 amide bonds. The van der Waals surface area contributed by atoms with Crippen LogP contribution in [-0.4, -0.2) is 0 Å². The minimum atomic E-state index is -0.767. The zero-order valence-electron chi connectivity index (χ0n) is 20.0. The summed E-state index contributed by atoms with van der Waals surface area (Å²) < 4.78 is 6.33. The monoisotopic (exact) mass is 482 g/mol. The molecular weight excluding hydrogens is 455 g/mol. The van der Waals surface area contributed by atoms with Crippen molar-refractivity contribution in [2.75, 3.05) is 0 Å². The van der Waals surface area contributed by atoms with Gasteiger partial charge in [-0.3, -0.25) is 0 Å². The quantitative estimate of drug-likeness (QED) is 0.223. The maximum absolute atomic E-state index is 6.33. The molecule has 0 spiro atoms. The van der Waals surface area contributed by atoms with Crippen LogP contribution in [0.1, 0.15) is 28.2 Å². The summed E-state index contributed by atoms with van der Waals surface area (Å²) in [6, 6.07) is 47.6. The molecule has 36 heavy (non-hydrogen) atoms. The first-order valence-electron chi connectivity index (χ1n) is 12.3. The first-order chi connectivity index (χ1) is 17.9. The van der Waals surface area contributed by atoms with Crippen molar-refractivity contribution in [3.8, 4) is 5.75 Å². The fraction of sp³-hybridized carbons (Fsp3) is 0.0588. The molecule has 1 nitrogen and oxygen atoms in total. The SMILES string of the molecule is C1=CC(c2ccc(OCc3ccccc3)cc2P(c2ccccc2)c2ccccc2)c2ccccc21. The van der Waals surface area contributed by atoms with Gasteiger partial charge in [-0.1, -0.05) is 133 Å². The Hall–Kier alpha value is -3.93. The average Bonchev–Trinajstić information content (AvgIpc) is 3.38. The van der Waals surface area contributed by atoms with E-state index in [1.807, 2.05) is 6.07 Å². The number of fused-ring (bicyclic) bond motifs is 1. The highest BCUT2D eigenvalue weighted by molar-refractivity contribution is 7.79. The van der Waals surface area contributed by atoms with Gasteiger partial charge in [-0.2, -0.15) is 0 Å². The van der Waals surface area contributed by atoms with E-state index in [2.05, 4.69) is 140 Å². The summed E-state index contributed by atoms with van der Waals surface area (Å²) in [7, 11) is -0.767. The van der Waals surface area contributed by atoms with Crippen molar-refractivity contribution < 1.29 is 4.74 Å². The Morgan fingerprint density at radius 3 is 1.89 bits per heavy atom. The highest BCUT2D eigenvalue weighted by atomic mass is 31.1. The molecule has 0 fully saturated rings. The predicted molar refractivity (Wildman–Crippen MR) is 153 cm³/mol. The van der Waals surface area contributed by atoms with Crippen LogP contribution in [0.2, 0.25) is 0 Å². The lowest BCUT2D eigenvalue weighted by molar-refractivity contribution is 0.306. The van der Waals surface area contributed by atoms with Gasteiger partial charge in [0.05, 0.1) is 0 Å². The lowest BCUT2D eigenvalue weighted by Crippen LogP contribution is -2.24. The summed E-state index contributed by atoms with van der Waals surface area (Å²) in [5, 5.41) is 4.03. The highest BCUT2D eigenvalue weighted by Crippen LogP contribution is 2.42. The van der Waals surface area contributed by atoms with Crippen LogP contribution in [-0.2, 0) is 6.61 Å². The molecule has 1 atom stereocenters. The second-order valence-corrected chi connectivity index (χ2v) is 11.2. The standard InChI is InChI=1S/C34H27OP/c1-4-12-26(13-5-1)25-35-28-21-23-33(32-22-20-27-14-10-11-19-31(27)32)34(24-28)36(29-15-6-2-7-16-29)30-17-8-3-9-18-30/h1-24,32H,25H2. The Labute approximate surface area is 214 Å². The number of hydrogen-bond donors (Lipinski definition) is 0. The Kier molecular flexibility index (Phi) is 6.48. The van der Waals surface area contributed by atoms with E-state index in [9.17, 15) is 0 Å². The first-order valence-corrected chi connectivity index (χ1v) is 13.7. The van der Waals surface area contributed by atoms with E-state index in [1.165, 1.54) is 38.2 Å². The van der Waals surface area contributed by atoms with E-state index in [0.717, 1.165) is 5.75 Å². The Morgan fingerprint density at radius 1 is 0.583 bits per heavy atom. The van der Waals surface area contributed by atoms with E-state index in [1.54, 1.807) is 0 Å². The van der Waals surface area contributed by atoms with Gasteiger partial charge in [0.25, 0.3) is 0 Å². The third kappa shape index (κ3) is 4.63. The zero-order chi connectivity index (χ0) is 24.2. The second kappa shape index (κ2) is 10.4. The molecule has 1 unspecified atom stereocenters. The highest BCUT2D eigenvalue weighted by Gasteiger charge is 2.27. The lowest BCUT2D eigenvalue weighted by atomic mass is 9.93. The Balaban J connectivity index is 1.48. The van der Waals surface area contributed by atoms with Crippen LogP contribution in [0.4, 0.5) is 0 Å². The van der Waals surface area contributed by atoms with Gasteiger partial charge in [-0.05, 0) is 58.2 Å². The topological polar surface area (TPSA) is 9.23 Å². The molecule has 0 aliphatic heterocycles. The maximum Gasteiger partial charge on any atom is 0.120 e. The molecule has 0 saturated carbocycles. The summed E-state index contributed by atoms with van der Waals surface area (Å²) in [5.74, 6) is 1.14. The van der Waals surface area contributed by atoms with Crippen molar-refractivity contribution in [3.63, 3.8) is 0 Å². The molecule has 5 aromatic carbocycles. The number of hydrogen-bond acceptors (Lipinski definition) is 1. The van der Waals surface area contributed by atoms with E-state index >= 15 is 0 Å². The number of ether oxygens (including phenoxy) is 1. The van der Waals surface area contributed by atoms with Crippen molar-refractivity contribution in [3.05, 3.63) is 162 Å². The smallest absolute Gasteiger partial charge is 0.120 e. The molecule has 1 aliphatic carbocycles. The second-order valence-electron chi connectivity index (χ2n) is 8.97. The normalized spacial score (nSPS) is 14.1. The van der Waals surface area contributed by atoms with Crippen LogP contribution in [0, 0.1) is 0 Å². The van der Waals surface area contributed by atoms with Gasteiger partial charge < -0.3 is 4.74 Å². The van der Waals surface area contributed by atoms with Gasteiger partial charge in [-0.25, -0.2) is 0 Å². The minimum absolute atomic E-state index is 0.233. The number of rotatable bonds is 7. The van der Waals surface area contributed by atoms with E-state index in [0.29, 0.717) is 6.61 Å². The molecule has 0 radical (unpaired) electrons. The van der Waals surface area contributed by atoms with Crippen LogP contribution < -0.4 is 20.7 Å². The summed E-state index contributed by atoms with van der Waals surface area (Å²) in [6.45, 7) is 0.556. The number of benzene rings is 5. The molecule has 0 saturated heterocycles. The van der Waals surface area contributed by atoms with E-state index < -0.39 is 7.92 Å². The lowest BCUT2D eigenvalue weighted by Gasteiger charge is -2.25. The van der Waals surface area contributed by atoms with Crippen molar-refractivity contribution >= 4 is 29.9 Å². The van der Waals surface area contributed by atoms with Crippen LogP contribution >= 0.6 is 7.92 Å². The van der Waals surface area contributed by atoms with Crippen LogP contribution in [0.3, 0.4) is 0 Å². The molecule has 1 aliphatic rings. The summed E-state index contributed by atoms with van der Waals surface area (Å²) >= 11 is 0. The molecule has 0 bridgehead atoms. The summed E-state index contributed by atoms with van der Waals surface area (Å²) in [4.78, 5) is 0. The molecule has 5 aromatic rings. The average molecular weight is 483 g/mol. The molecule has 0 N–H and O–H groups in total. The molecule has 0 heterocycles. The Bertz CT molecular complexity index is 1440. The fourth-order valence-corrected chi connectivity index (χ4v) is 7.44. The van der Waals surface area contributed by atoms with Crippen molar-refractivity contribution in [2.45, 2.75) is 12.5 Å². The molecule has 6 rings (SSSR count). The van der Waals surface area contributed by atoms with Crippen molar-refractivity contribution in [1.29, 1.82) is 0 Å². The predicted octanol–water partition coefficient (Wildman–Crippen LogP) is 7.18. The zero-order valence-corrected chi connectivity index (χ0v) is 20.9. The fourth-order valence-electron chi connectivity index (χ4n) is 4.91. The van der Waals surface area contributed by atoms with Gasteiger partial charge >= 0.3 is 0 Å². The largest absolute Gasteiger partial charge is 0.489 e. The van der Waals surface area contributed by atoms with Gasteiger partial charge in [0, 0.05) is 5.92 Å². The van der Waals surface area contributed by atoms with Crippen LogP contribution in [0.15, 0.2) is 140 Å². The third-order valence-electron chi connectivity index (χ3n) is 6.65. The third-order valence-corrected chi connectivity index (χ3v) is 9.15. The van der Waals surface area contributed by atoms with Crippen LogP contribution in [0.5, 0.6) is 5.75 Å². The first kappa shape index (κ1) is 22.5. The van der Waals surface area contributed by atoms with E-state index in [4.69, 9.17) is 4.74 Å². The molecule has 2 heteroatoms. The number of allylic oxidation sites excluding steroid dienone is 1. The maximum atomic E-state index is 6.33. The molecule has 0 aromatic heterocycles. The van der Waals surface area contributed by atoms with Crippen molar-refractivity contribution in [1.82, 2.24) is 0 Å². The van der Waals surface area contributed by atoms with Crippen molar-refractivity contribution in [2.24, 2.45) is 0 Å². The van der Waals surface area contributed by atoms with Crippen LogP contribution in [0.25, 0.3) is 6.08 Å². The van der Waals surface area contributed by atoms with Gasteiger partial charge in [0.1, 0.15) is 12.4 Å². The summed E-state index contributed by atoms with van der Waals surface area (Å²) in [6.07, 6.45) is 4.61. The van der Waals surface area contributed by atoms with E-state index in [-0.39, 0.29) is 5.92 Å². The van der Waals surface area contributed by atoms with Gasteiger partial charge in [0.15, 0.2) is 0 Å². The molecular formula is C34H27OP. The van der Waals surface area contributed by atoms with Gasteiger partial charge in [0.2, 0.25) is 0 Å². The molecule has 174 valence electrons.